The van der Waals surface area contributed by atoms with Crippen LogP contribution in [0.15, 0.2) is 35.5 Å². The van der Waals surface area contributed by atoms with Gasteiger partial charge in [-0.1, -0.05) is 0 Å². The quantitative estimate of drug-likeness (QED) is 0.748. The summed E-state index contributed by atoms with van der Waals surface area (Å²) >= 11 is 0. The van der Waals surface area contributed by atoms with Crippen LogP contribution < -0.4 is 4.90 Å². The van der Waals surface area contributed by atoms with Gasteiger partial charge in [-0.3, -0.25) is 0 Å². The molecule has 3 aromatic rings. The van der Waals surface area contributed by atoms with Crippen LogP contribution in [0.2, 0.25) is 0 Å². The van der Waals surface area contributed by atoms with E-state index < -0.39 is 10.0 Å². The fraction of sp³-hybridized carbons (Fsp3) is 0.353. The van der Waals surface area contributed by atoms with E-state index in [-0.39, 0.29) is 4.90 Å². The van der Waals surface area contributed by atoms with E-state index in [9.17, 15) is 8.42 Å². The molecule has 0 unspecified atom stereocenters. The number of hydrogen-bond donors (Lipinski definition) is 1. The summed E-state index contributed by atoms with van der Waals surface area (Å²) < 4.78 is 27.6. The Kier molecular flexibility index (Phi) is 4.12. The number of nitrogens with zero attached hydrogens (tertiary/aromatic N) is 5. The van der Waals surface area contributed by atoms with Gasteiger partial charge in [0.2, 0.25) is 10.0 Å². The molecule has 1 fully saturated rings. The number of hydrogen-bond acceptors (Lipinski definition) is 6. The van der Waals surface area contributed by atoms with Gasteiger partial charge in [-0.15, -0.1) is 0 Å². The molecule has 3 aromatic heterocycles. The zero-order valence-electron chi connectivity index (χ0n) is 14.7. The number of fused-ring (bicyclic) bond motifs is 1. The van der Waals surface area contributed by atoms with Crippen LogP contribution >= 0.6 is 0 Å². The number of rotatable bonds is 3. The van der Waals surface area contributed by atoms with Crippen molar-refractivity contribution in [2.24, 2.45) is 0 Å². The van der Waals surface area contributed by atoms with Crippen LogP contribution in [0.25, 0.3) is 11.0 Å². The van der Waals surface area contributed by atoms with Crippen molar-refractivity contribution in [1.29, 1.82) is 0 Å². The first-order chi connectivity index (χ1) is 12.4. The lowest BCUT2D eigenvalue weighted by Gasteiger charge is -2.34. The van der Waals surface area contributed by atoms with E-state index >= 15 is 0 Å². The number of sulfonamides is 1. The maximum absolute atomic E-state index is 13.0. The van der Waals surface area contributed by atoms with Gasteiger partial charge in [0.1, 0.15) is 22.2 Å². The van der Waals surface area contributed by atoms with E-state index in [4.69, 9.17) is 0 Å². The summed E-state index contributed by atoms with van der Waals surface area (Å²) in [6, 6.07) is 5.45. The van der Waals surface area contributed by atoms with Crippen molar-refractivity contribution in [3.8, 4) is 0 Å². The van der Waals surface area contributed by atoms with E-state index in [0.717, 1.165) is 17.3 Å². The highest BCUT2D eigenvalue weighted by Crippen LogP contribution is 2.26. The molecule has 0 aromatic carbocycles. The molecule has 4 heterocycles. The average molecular weight is 372 g/mol. The van der Waals surface area contributed by atoms with Gasteiger partial charge in [-0.2, -0.15) is 4.31 Å². The van der Waals surface area contributed by atoms with Gasteiger partial charge in [0.05, 0.1) is 0 Å². The van der Waals surface area contributed by atoms with Gasteiger partial charge in [0.15, 0.2) is 0 Å². The number of piperazine rings is 1. The normalized spacial score (nSPS) is 16.3. The van der Waals surface area contributed by atoms with Crippen molar-refractivity contribution in [2.45, 2.75) is 18.7 Å². The summed E-state index contributed by atoms with van der Waals surface area (Å²) in [6.45, 7) is 5.81. The molecular weight excluding hydrogens is 352 g/mol. The molecule has 4 rings (SSSR count). The molecule has 1 saturated heterocycles. The van der Waals surface area contributed by atoms with Crippen molar-refractivity contribution in [2.75, 3.05) is 31.1 Å². The Morgan fingerprint density at radius 2 is 1.88 bits per heavy atom. The number of aromatic amines is 1. The largest absolute Gasteiger partial charge is 0.354 e. The van der Waals surface area contributed by atoms with Crippen LogP contribution in [-0.2, 0) is 10.0 Å². The maximum Gasteiger partial charge on any atom is 0.245 e. The Hall–Kier alpha value is -2.52. The van der Waals surface area contributed by atoms with Crippen molar-refractivity contribution in [3.05, 3.63) is 42.1 Å². The summed E-state index contributed by atoms with van der Waals surface area (Å²) in [4.78, 5) is 18.2. The number of aryl methyl sites for hydroxylation is 2. The molecule has 0 aliphatic carbocycles. The van der Waals surface area contributed by atoms with Crippen LogP contribution in [0.1, 0.15) is 11.5 Å². The first-order valence-electron chi connectivity index (χ1n) is 8.44. The summed E-state index contributed by atoms with van der Waals surface area (Å²) in [5, 5.41) is 0.622. The lowest BCUT2D eigenvalue weighted by atomic mass is 10.3. The highest BCUT2D eigenvalue weighted by molar-refractivity contribution is 7.89. The van der Waals surface area contributed by atoms with Crippen LogP contribution in [-0.4, -0.2) is 58.8 Å². The van der Waals surface area contributed by atoms with Crippen LogP contribution in [0.5, 0.6) is 0 Å². The first kappa shape index (κ1) is 16.9. The predicted molar refractivity (Wildman–Crippen MR) is 98.6 cm³/mol. The van der Waals surface area contributed by atoms with Gasteiger partial charge in [-0.05, 0) is 26.0 Å². The zero-order valence-corrected chi connectivity index (χ0v) is 15.5. The van der Waals surface area contributed by atoms with E-state index in [0.29, 0.717) is 37.2 Å². The zero-order chi connectivity index (χ0) is 18.3. The van der Waals surface area contributed by atoms with Crippen LogP contribution in [0.4, 0.5) is 5.82 Å². The summed E-state index contributed by atoms with van der Waals surface area (Å²) in [7, 11) is -3.56. The van der Waals surface area contributed by atoms with Gasteiger partial charge in [-0.25, -0.2) is 23.4 Å². The molecule has 0 spiro atoms. The third-order valence-electron chi connectivity index (χ3n) is 4.55. The monoisotopic (exact) mass is 372 g/mol. The van der Waals surface area contributed by atoms with Gasteiger partial charge in [0, 0.05) is 55.7 Å². The molecule has 0 amide bonds. The molecule has 9 heteroatoms. The standard InChI is InChI=1S/C17H20N6O2S/c1-12-10-16(21-13(2)20-12)22-6-8-23(9-7-22)26(24,25)15-11-19-17-14(15)4-3-5-18-17/h3-5,10-11H,6-9H2,1-2H3,(H,18,19). The second kappa shape index (κ2) is 6.33. The SMILES string of the molecule is Cc1cc(N2CCN(S(=O)(=O)c3c[nH]c4ncccc34)CC2)nc(C)n1. The fourth-order valence-electron chi connectivity index (χ4n) is 3.30. The Bertz CT molecular complexity index is 1030. The summed E-state index contributed by atoms with van der Waals surface area (Å²) in [5.74, 6) is 1.57. The van der Waals surface area contributed by atoms with Crippen molar-refractivity contribution in [3.63, 3.8) is 0 Å². The molecule has 0 bridgehead atoms. The highest BCUT2D eigenvalue weighted by atomic mass is 32.2. The van der Waals surface area contributed by atoms with Gasteiger partial charge >= 0.3 is 0 Å². The number of aromatic nitrogens is 4. The second-order valence-corrected chi connectivity index (χ2v) is 8.26. The Morgan fingerprint density at radius 1 is 1.12 bits per heavy atom. The molecule has 8 nitrogen and oxygen atoms in total. The Labute approximate surface area is 152 Å². The van der Waals surface area contributed by atoms with E-state index in [1.165, 1.54) is 10.5 Å². The Balaban J connectivity index is 1.55. The molecule has 26 heavy (non-hydrogen) atoms. The number of pyridine rings is 1. The lowest BCUT2D eigenvalue weighted by molar-refractivity contribution is 0.384. The number of anilines is 1. The predicted octanol–water partition coefficient (Wildman–Crippen LogP) is 1.48. The molecule has 0 atom stereocenters. The van der Waals surface area contributed by atoms with Crippen molar-refractivity contribution < 1.29 is 8.42 Å². The number of nitrogens with one attached hydrogen (secondary N) is 1. The fourth-order valence-corrected chi connectivity index (χ4v) is 4.87. The van der Waals surface area contributed by atoms with Gasteiger partial charge in [0.25, 0.3) is 0 Å². The topological polar surface area (TPSA) is 95.1 Å². The van der Waals surface area contributed by atoms with E-state index in [2.05, 4.69) is 24.8 Å². The van der Waals surface area contributed by atoms with E-state index in [1.807, 2.05) is 19.9 Å². The maximum atomic E-state index is 13.0. The Morgan fingerprint density at radius 3 is 2.62 bits per heavy atom. The summed E-state index contributed by atoms with van der Waals surface area (Å²) in [5.41, 5.74) is 1.49. The lowest BCUT2D eigenvalue weighted by Crippen LogP contribution is -2.49. The third-order valence-corrected chi connectivity index (χ3v) is 6.48. The van der Waals surface area contributed by atoms with Crippen molar-refractivity contribution >= 4 is 26.9 Å². The number of H-pyrrole nitrogens is 1. The highest BCUT2D eigenvalue weighted by Gasteiger charge is 2.31. The minimum absolute atomic E-state index is 0.280. The molecule has 1 N–H and O–H groups in total. The van der Waals surface area contributed by atoms with Crippen molar-refractivity contribution in [1.82, 2.24) is 24.2 Å². The molecule has 0 radical (unpaired) electrons. The average Bonchev–Trinajstić information content (AvgIpc) is 3.06. The van der Waals surface area contributed by atoms with Crippen LogP contribution in [0, 0.1) is 13.8 Å². The second-order valence-electron chi connectivity index (χ2n) is 6.36. The van der Waals surface area contributed by atoms with Gasteiger partial charge < -0.3 is 9.88 Å². The molecule has 1 aliphatic rings. The first-order valence-corrected chi connectivity index (χ1v) is 9.88. The molecule has 1 aliphatic heterocycles. The summed E-state index contributed by atoms with van der Waals surface area (Å²) in [6.07, 6.45) is 3.16. The molecule has 0 saturated carbocycles. The molecule has 136 valence electrons. The minimum Gasteiger partial charge on any atom is -0.354 e. The minimum atomic E-state index is -3.56. The van der Waals surface area contributed by atoms with Crippen LogP contribution in [0.3, 0.4) is 0 Å². The van der Waals surface area contributed by atoms with E-state index in [1.54, 1.807) is 18.3 Å². The smallest absolute Gasteiger partial charge is 0.245 e. The third kappa shape index (κ3) is 2.93. The molecular formula is C17H20N6O2S.